The molecule has 1 aromatic carbocycles. The molecule has 10 heteroatoms. The number of rotatable bonds is 6. The van der Waals surface area contributed by atoms with E-state index in [1.165, 1.54) is 23.9 Å². The molecule has 1 fully saturated rings. The molecule has 1 saturated carbocycles. The van der Waals surface area contributed by atoms with E-state index in [9.17, 15) is 10.1 Å². The summed E-state index contributed by atoms with van der Waals surface area (Å²) in [5, 5.41) is 16.8. The maximum Gasteiger partial charge on any atom is 0.407 e. The van der Waals surface area contributed by atoms with Crippen molar-refractivity contribution in [2.45, 2.75) is 25.7 Å². The Labute approximate surface area is 197 Å². The zero-order valence-electron chi connectivity index (χ0n) is 18.1. The molecule has 4 aromatic heterocycles. The number of aromatic nitrogens is 4. The minimum atomic E-state index is -0.568. The van der Waals surface area contributed by atoms with Crippen molar-refractivity contribution in [2.24, 2.45) is 0 Å². The number of hydrogen-bond donors (Lipinski definition) is 1. The maximum atomic E-state index is 11.5. The highest BCUT2D eigenvalue weighted by molar-refractivity contribution is 7.18. The number of aryl methyl sites for hydroxylation is 1. The van der Waals surface area contributed by atoms with Crippen molar-refractivity contribution in [3.8, 4) is 11.6 Å². The molecule has 0 amide bonds. The van der Waals surface area contributed by atoms with E-state index < -0.39 is 4.92 Å². The molecule has 4 heterocycles. The zero-order chi connectivity index (χ0) is 23.2. The van der Waals surface area contributed by atoms with E-state index in [2.05, 4.69) is 26.3 Å². The number of pyridine rings is 3. The lowest BCUT2D eigenvalue weighted by atomic mass is 10.2. The van der Waals surface area contributed by atoms with Crippen LogP contribution in [0.1, 0.15) is 29.5 Å². The van der Waals surface area contributed by atoms with Crippen molar-refractivity contribution in [2.75, 3.05) is 5.32 Å². The van der Waals surface area contributed by atoms with Crippen molar-refractivity contribution in [1.29, 1.82) is 0 Å². The molecule has 0 saturated heterocycles. The SMILES string of the molecule is Cc1ccc(Oc2cc3ncccc3c(Nc3ccc4nc(C5CC5)sc4c3)n2)c([N+](=O)[O-])n1. The van der Waals surface area contributed by atoms with Gasteiger partial charge in [0.2, 0.25) is 11.6 Å². The maximum absolute atomic E-state index is 11.5. The Morgan fingerprint density at radius 3 is 2.79 bits per heavy atom. The summed E-state index contributed by atoms with van der Waals surface area (Å²) < 4.78 is 6.93. The Hall–Kier alpha value is -4.18. The molecule has 0 aliphatic heterocycles. The predicted molar refractivity (Wildman–Crippen MR) is 130 cm³/mol. The van der Waals surface area contributed by atoms with E-state index in [0.717, 1.165) is 21.3 Å². The van der Waals surface area contributed by atoms with E-state index in [-0.39, 0.29) is 17.4 Å². The van der Waals surface area contributed by atoms with Crippen molar-refractivity contribution in [3.05, 3.63) is 75.5 Å². The minimum absolute atomic E-state index is 0.0167. The van der Waals surface area contributed by atoms with E-state index in [1.807, 2.05) is 24.3 Å². The lowest BCUT2D eigenvalue weighted by molar-refractivity contribution is -0.390. The molecule has 34 heavy (non-hydrogen) atoms. The summed E-state index contributed by atoms with van der Waals surface area (Å²) in [5.74, 6) is 0.981. The van der Waals surface area contributed by atoms with E-state index in [1.54, 1.807) is 36.6 Å². The highest BCUT2D eigenvalue weighted by Gasteiger charge is 2.27. The first-order chi connectivity index (χ1) is 16.5. The topological polar surface area (TPSA) is 116 Å². The zero-order valence-corrected chi connectivity index (χ0v) is 18.9. The van der Waals surface area contributed by atoms with Gasteiger partial charge in [-0.1, -0.05) is 0 Å². The second kappa shape index (κ2) is 7.99. The molecule has 168 valence electrons. The number of benzene rings is 1. The summed E-state index contributed by atoms with van der Waals surface area (Å²) in [6.45, 7) is 1.69. The number of nitrogens with zero attached hydrogens (tertiary/aromatic N) is 5. The molecule has 6 rings (SSSR count). The number of hydrogen-bond acceptors (Lipinski definition) is 9. The fraction of sp³-hybridized carbons (Fsp3) is 0.167. The summed E-state index contributed by atoms with van der Waals surface area (Å²) in [5.41, 5.74) is 3.02. The Morgan fingerprint density at radius 2 is 1.97 bits per heavy atom. The number of nitrogens with one attached hydrogen (secondary N) is 1. The van der Waals surface area contributed by atoms with Gasteiger partial charge in [-0.05, 0) is 65.2 Å². The molecule has 0 spiro atoms. The summed E-state index contributed by atoms with van der Waals surface area (Å²) >= 11 is 1.73. The second-order valence-corrected chi connectivity index (χ2v) is 9.21. The number of thiazole rings is 1. The molecular formula is C24H18N6O3S. The fourth-order valence-electron chi connectivity index (χ4n) is 3.72. The lowest BCUT2D eigenvalue weighted by Crippen LogP contribution is -2.01. The number of anilines is 2. The van der Waals surface area contributed by atoms with Crippen LogP contribution in [0.15, 0.2) is 54.7 Å². The van der Waals surface area contributed by atoms with Gasteiger partial charge in [0.05, 0.1) is 20.7 Å². The second-order valence-electron chi connectivity index (χ2n) is 8.15. The van der Waals surface area contributed by atoms with Crippen LogP contribution >= 0.6 is 11.3 Å². The first-order valence-electron chi connectivity index (χ1n) is 10.8. The summed E-state index contributed by atoms with van der Waals surface area (Å²) in [6.07, 6.45) is 4.11. The summed E-state index contributed by atoms with van der Waals surface area (Å²) in [4.78, 5) is 28.6. The van der Waals surface area contributed by atoms with Crippen molar-refractivity contribution in [1.82, 2.24) is 19.9 Å². The fourth-order valence-corrected chi connectivity index (χ4v) is 4.89. The van der Waals surface area contributed by atoms with Gasteiger partial charge in [-0.15, -0.1) is 11.3 Å². The van der Waals surface area contributed by atoms with Gasteiger partial charge in [0.1, 0.15) is 11.5 Å². The first-order valence-corrected chi connectivity index (χ1v) is 11.6. The Bertz CT molecular complexity index is 1580. The van der Waals surface area contributed by atoms with Gasteiger partial charge in [-0.25, -0.2) is 4.98 Å². The van der Waals surface area contributed by atoms with Crippen LogP contribution in [0.25, 0.3) is 21.1 Å². The summed E-state index contributed by atoms with van der Waals surface area (Å²) in [7, 11) is 0. The van der Waals surface area contributed by atoms with Crippen LogP contribution in [0, 0.1) is 17.0 Å². The van der Waals surface area contributed by atoms with Crippen molar-refractivity contribution in [3.63, 3.8) is 0 Å². The third kappa shape index (κ3) is 3.88. The smallest absolute Gasteiger partial charge is 0.407 e. The Balaban J connectivity index is 1.38. The minimum Gasteiger partial charge on any atom is -0.430 e. The van der Waals surface area contributed by atoms with Gasteiger partial charge < -0.3 is 20.2 Å². The van der Waals surface area contributed by atoms with E-state index in [0.29, 0.717) is 22.9 Å². The molecule has 9 nitrogen and oxygen atoms in total. The van der Waals surface area contributed by atoms with Crippen LogP contribution in [0.4, 0.5) is 17.3 Å². The van der Waals surface area contributed by atoms with Crippen LogP contribution in [0.3, 0.4) is 0 Å². The van der Waals surface area contributed by atoms with Gasteiger partial charge in [0, 0.05) is 36.2 Å². The molecule has 0 atom stereocenters. The quantitative estimate of drug-likeness (QED) is 0.228. The van der Waals surface area contributed by atoms with Crippen molar-refractivity contribution >= 4 is 49.8 Å². The highest BCUT2D eigenvalue weighted by Crippen LogP contribution is 2.43. The highest BCUT2D eigenvalue weighted by atomic mass is 32.1. The molecule has 0 bridgehead atoms. The summed E-state index contributed by atoms with van der Waals surface area (Å²) in [6, 6.07) is 14.6. The average molecular weight is 471 g/mol. The number of ether oxygens (including phenoxy) is 1. The van der Waals surface area contributed by atoms with E-state index >= 15 is 0 Å². The molecule has 5 aromatic rings. The molecular weight excluding hydrogens is 452 g/mol. The normalized spacial score (nSPS) is 13.3. The van der Waals surface area contributed by atoms with Gasteiger partial charge in [-0.3, -0.25) is 4.98 Å². The number of nitro groups is 1. The molecule has 1 aliphatic carbocycles. The Kier molecular flexibility index (Phi) is 4.80. The van der Waals surface area contributed by atoms with Gasteiger partial charge in [-0.2, -0.15) is 4.98 Å². The molecule has 0 radical (unpaired) electrons. The molecule has 1 N–H and O–H groups in total. The molecule has 1 aliphatic rings. The van der Waals surface area contributed by atoms with Gasteiger partial charge >= 0.3 is 5.82 Å². The number of fused-ring (bicyclic) bond motifs is 2. The lowest BCUT2D eigenvalue weighted by Gasteiger charge is -2.12. The van der Waals surface area contributed by atoms with Gasteiger partial charge in [0.25, 0.3) is 0 Å². The predicted octanol–water partition coefficient (Wildman–Crippen LogP) is 6.26. The molecule has 0 unspecified atom stereocenters. The van der Waals surface area contributed by atoms with Crippen molar-refractivity contribution < 1.29 is 9.66 Å². The van der Waals surface area contributed by atoms with Gasteiger partial charge in [0.15, 0.2) is 0 Å². The monoisotopic (exact) mass is 470 g/mol. The van der Waals surface area contributed by atoms with Crippen LogP contribution in [-0.2, 0) is 0 Å². The first kappa shape index (κ1) is 20.4. The van der Waals surface area contributed by atoms with Crippen LogP contribution in [-0.4, -0.2) is 24.9 Å². The Morgan fingerprint density at radius 1 is 1.09 bits per heavy atom. The van der Waals surface area contributed by atoms with Crippen LogP contribution in [0.2, 0.25) is 0 Å². The third-order valence-electron chi connectivity index (χ3n) is 5.54. The average Bonchev–Trinajstić information content (AvgIpc) is 3.59. The third-order valence-corrected chi connectivity index (χ3v) is 6.72. The van der Waals surface area contributed by atoms with Crippen LogP contribution in [0.5, 0.6) is 11.6 Å². The largest absolute Gasteiger partial charge is 0.430 e. The standard InChI is InChI=1S/C24H18N6O3S/c1-13-4-9-19(23(26-13)30(31)32)33-21-12-18-16(3-2-10-25-18)22(29-21)27-15-7-8-17-20(11-15)34-24(28-17)14-5-6-14/h2-4,7-12,14H,5-6H2,1H3,(H,27,29). The van der Waals surface area contributed by atoms with Crippen LogP contribution < -0.4 is 10.1 Å². The van der Waals surface area contributed by atoms with E-state index in [4.69, 9.17) is 9.72 Å².